The first-order valence-corrected chi connectivity index (χ1v) is 8.10. The summed E-state index contributed by atoms with van der Waals surface area (Å²) in [6.45, 7) is 9.79. The molecule has 1 fully saturated rings. The molecule has 1 aliphatic heterocycles. The first-order chi connectivity index (χ1) is 10.2. The number of hydrogen-bond acceptors (Lipinski definition) is 4. The Kier molecular flexibility index (Phi) is 5.88. The van der Waals surface area contributed by atoms with Crippen molar-refractivity contribution in [1.82, 2.24) is 10.2 Å². The average Bonchev–Trinajstić information content (AvgIpc) is 2.51. The molecular weight excluding hydrogens is 264 g/mol. The van der Waals surface area contributed by atoms with E-state index >= 15 is 0 Å². The molecule has 1 heterocycles. The molecule has 0 radical (unpaired) electrons. The van der Waals surface area contributed by atoms with E-state index in [2.05, 4.69) is 24.1 Å². The van der Waals surface area contributed by atoms with Gasteiger partial charge >= 0.3 is 0 Å². The minimum atomic E-state index is 0.292. The smallest absolute Gasteiger partial charge is 0.162 e. The van der Waals surface area contributed by atoms with Crippen molar-refractivity contribution in [2.75, 3.05) is 19.7 Å². The Balaban J connectivity index is 2.13. The molecule has 4 heteroatoms. The van der Waals surface area contributed by atoms with Crippen molar-refractivity contribution in [2.24, 2.45) is 0 Å². The number of hydrogen-bond donors (Lipinski definition) is 2. The molecule has 21 heavy (non-hydrogen) atoms. The van der Waals surface area contributed by atoms with Gasteiger partial charge in [-0.2, -0.15) is 0 Å². The van der Waals surface area contributed by atoms with Crippen LogP contribution in [0, 0.1) is 0 Å². The molecule has 0 aromatic heterocycles. The van der Waals surface area contributed by atoms with E-state index < -0.39 is 0 Å². The van der Waals surface area contributed by atoms with Gasteiger partial charge in [0.25, 0.3) is 0 Å². The second-order valence-electron chi connectivity index (χ2n) is 5.70. The van der Waals surface area contributed by atoms with E-state index in [1.807, 2.05) is 25.1 Å². The lowest BCUT2D eigenvalue weighted by molar-refractivity contribution is 0.116. The zero-order chi connectivity index (χ0) is 15.2. The van der Waals surface area contributed by atoms with Crippen LogP contribution in [0.25, 0.3) is 0 Å². The Morgan fingerprint density at radius 1 is 1.29 bits per heavy atom. The normalized spacial score (nSPS) is 23.2. The van der Waals surface area contributed by atoms with E-state index in [-0.39, 0.29) is 0 Å². The van der Waals surface area contributed by atoms with Crippen LogP contribution in [0.3, 0.4) is 0 Å². The van der Waals surface area contributed by atoms with Crippen LogP contribution in [0.5, 0.6) is 11.5 Å². The second-order valence-corrected chi connectivity index (χ2v) is 5.70. The molecule has 0 aliphatic carbocycles. The van der Waals surface area contributed by atoms with Crippen LogP contribution in [0.2, 0.25) is 0 Å². The molecule has 4 nitrogen and oxygen atoms in total. The van der Waals surface area contributed by atoms with Crippen molar-refractivity contribution < 1.29 is 9.84 Å². The topological polar surface area (TPSA) is 44.7 Å². The summed E-state index contributed by atoms with van der Waals surface area (Å²) in [5.41, 5.74) is 0.955. The summed E-state index contributed by atoms with van der Waals surface area (Å²) >= 11 is 0. The molecule has 118 valence electrons. The van der Waals surface area contributed by atoms with E-state index in [0.717, 1.165) is 38.0 Å². The highest BCUT2D eigenvalue weighted by molar-refractivity contribution is 5.45. The largest absolute Gasteiger partial charge is 0.504 e. The van der Waals surface area contributed by atoms with Gasteiger partial charge in [-0.05, 0) is 25.8 Å². The fraction of sp³-hybridized carbons (Fsp3) is 0.647. The van der Waals surface area contributed by atoms with Gasteiger partial charge in [-0.15, -0.1) is 0 Å². The standard InChI is InChI=1S/C17H28N2O2/c1-4-14-12-19(15(5-2)10-18-14)11-13-8-7-9-16(17(13)20)21-6-3/h7-9,14-15,18,20H,4-6,10-12H2,1-3H3. The number of nitrogens with zero attached hydrogens (tertiary/aromatic N) is 1. The van der Waals surface area contributed by atoms with Crippen molar-refractivity contribution in [2.45, 2.75) is 52.2 Å². The molecule has 1 aromatic carbocycles. The highest BCUT2D eigenvalue weighted by atomic mass is 16.5. The molecule has 2 unspecified atom stereocenters. The third kappa shape index (κ3) is 3.89. The lowest BCUT2D eigenvalue weighted by Gasteiger charge is -2.40. The third-order valence-corrected chi connectivity index (χ3v) is 4.33. The summed E-state index contributed by atoms with van der Waals surface area (Å²) in [6, 6.07) is 6.85. The second kappa shape index (κ2) is 7.66. The Bertz CT molecular complexity index is 450. The highest BCUT2D eigenvalue weighted by Crippen LogP contribution is 2.31. The molecule has 0 spiro atoms. The SMILES string of the molecule is CCOc1cccc(CN2CC(CC)NCC2CC)c1O. The summed E-state index contributed by atoms with van der Waals surface area (Å²) in [7, 11) is 0. The highest BCUT2D eigenvalue weighted by Gasteiger charge is 2.26. The minimum absolute atomic E-state index is 0.292. The number of phenols is 1. The molecule has 0 amide bonds. The summed E-state index contributed by atoms with van der Waals surface area (Å²) in [6.07, 6.45) is 2.26. The molecule has 2 atom stereocenters. The van der Waals surface area contributed by atoms with Crippen molar-refractivity contribution in [1.29, 1.82) is 0 Å². The van der Waals surface area contributed by atoms with Crippen molar-refractivity contribution in [3.05, 3.63) is 23.8 Å². The van der Waals surface area contributed by atoms with Crippen LogP contribution in [0.15, 0.2) is 18.2 Å². The lowest BCUT2D eigenvalue weighted by Crippen LogP contribution is -2.55. The first-order valence-electron chi connectivity index (χ1n) is 8.10. The number of para-hydroxylation sites is 1. The van der Waals surface area contributed by atoms with Gasteiger partial charge in [-0.1, -0.05) is 26.0 Å². The van der Waals surface area contributed by atoms with Crippen LogP contribution < -0.4 is 10.1 Å². The van der Waals surface area contributed by atoms with Gasteiger partial charge in [0.15, 0.2) is 11.5 Å². The molecule has 0 saturated carbocycles. The number of benzene rings is 1. The quantitative estimate of drug-likeness (QED) is 0.846. The predicted octanol–water partition coefficient (Wildman–Crippen LogP) is 2.75. The summed E-state index contributed by atoms with van der Waals surface area (Å²) in [5.74, 6) is 0.881. The van der Waals surface area contributed by atoms with Crippen LogP contribution in [-0.2, 0) is 6.54 Å². The van der Waals surface area contributed by atoms with Gasteiger partial charge in [0, 0.05) is 37.3 Å². The molecule has 2 rings (SSSR count). The number of rotatable bonds is 6. The van der Waals surface area contributed by atoms with Crippen LogP contribution in [0.4, 0.5) is 0 Å². The van der Waals surface area contributed by atoms with E-state index in [1.165, 1.54) is 0 Å². The zero-order valence-electron chi connectivity index (χ0n) is 13.4. The van der Waals surface area contributed by atoms with Gasteiger partial charge < -0.3 is 15.2 Å². The van der Waals surface area contributed by atoms with Gasteiger partial charge in [0.2, 0.25) is 0 Å². The summed E-state index contributed by atoms with van der Waals surface area (Å²) in [4.78, 5) is 2.48. The fourth-order valence-electron chi connectivity index (χ4n) is 2.98. The number of nitrogens with one attached hydrogen (secondary N) is 1. The Labute approximate surface area is 128 Å². The monoisotopic (exact) mass is 292 g/mol. The van der Waals surface area contributed by atoms with E-state index in [1.54, 1.807) is 0 Å². The molecule has 1 aliphatic rings. The molecule has 0 bridgehead atoms. The van der Waals surface area contributed by atoms with E-state index in [0.29, 0.717) is 30.2 Å². The summed E-state index contributed by atoms with van der Waals surface area (Å²) < 4.78 is 5.48. The molecular formula is C17H28N2O2. The van der Waals surface area contributed by atoms with Crippen molar-refractivity contribution in [3.63, 3.8) is 0 Å². The third-order valence-electron chi connectivity index (χ3n) is 4.33. The number of phenolic OH excluding ortho intramolecular Hbond substituents is 1. The molecule has 2 N–H and O–H groups in total. The molecule has 1 aromatic rings. The maximum Gasteiger partial charge on any atom is 0.162 e. The Hall–Kier alpha value is -1.26. The van der Waals surface area contributed by atoms with Gasteiger partial charge in [-0.3, -0.25) is 4.90 Å². The van der Waals surface area contributed by atoms with Crippen LogP contribution >= 0.6 is 0 Å². The van der Waals surface area contributed by atoms with Gasteiger partial charge in [0.05, 0.1) is 6.61 Å². The van der Waals surface area contributed by atoms with Gasteiger partial charge in [0.1, 0.15) is 0 Å². The first kappa shape index (κ1) is 16.1. The van der Waals surface area contributed by atoms with Crippen LogP contribution in [0.1, 0.15) is 39.2 Å². The lowest BCUT2D eigenvalue weighted by atomic mass is 10.0. The number of piperazine rings is 1. The molecule has 1 saturated heterocycles. The van der Waals surface area contributed by atoms with Crippen LogP contribution in [-0.4, -0.2) is 41.8 Å². The average molecular weight is 292 g/mol. The maximum absolute atomic E-state index is 10.4. The Morgan fingerprint density at radius 3 is 2.76 bits per heavy atom. The van der Waals surface area contributed by atoms with E-state index in [9.17, 15) is 5.11 Å². The number of ether oxygens (including phenoxy) is 1. The minimum Gasteiger partial charge on any atom is -0.504 e. The summed E-state index contributed by atoms with van der Waals surface area (Å²) in [5, 5.41) is 14.0. The zero-order valence-corrected chi connectivity index (χ0v) is 13.4. The maximum atomic E-state index is 10.4. The number of aromatic hydroxyl groups is 1. The fourth-order valence-corrected chi connectivity index (χ4v) is 2.98. The van der Waals surface area contributed by atoms with E-state index in [4.69, 9.17) is 4.74 Å². The van der Waals surface area contributed by atoms with Crippen molar-refractivity contribution in [3.8, 4) is 11.5 Å². The van der Waals surface area contributed by atoms with Crippen molar-refractivity contribution >= 4 is 0 Å². The Morgan fingerprint density at radius 2 is 2.10 bits per heavy atom. The predicted molar refractivity (Wildman–Crippen MR) is 85.8 cm³/mol. The van der Waals surface area contributed by atoms with Gasteiger partial charge in [-0.25, -0.2) is 0 Å².